The summed E-state index contributed by atoms with van der Waals surface area (Å²) in [7, 11) is 0. The quantitative estimate of drug-likeness (QED) is 0.680. The van der Waals surface area contributed by atoms with Gasteiger partial charge in [0.1, 0.15) is 5.82 Å². The van der Waals surface area contributed by atoms with E-state index in [0.29, 0.717) is 26.9 Å². The SMILES string of the molecule is C/C(C#N)=C(/Cl)c1ccc(F)c2ccccc12. The first kappa shape index (κ1) is 11.6. The van der Waals surface area contributed by atoms with Crippen molar-refractivity contribution in [2.75, 3.05) is 0 Å². The maximum absolute atomic E-state index is 13.6. The van der Waals surface area contributed by atoms with Crippen molar-refractivity contribution in [3.8, 4) is 6.07 Å². The van der Waals surface area contributed by atoms with Gasteiger partial charge in [-0.05, 0) is 24.4 Å². The highest BCUT2D eigenvalue weighted by atomic mass is 35.5. The third-order valence-electron chi connectivity index (χ3n) is 2.60. The van der Waals surface area contributed by atoms with E-state index in [4.69, 9.17) is 16.9 Å². The molecule has 2 aromatic rings. The van der Waals surface area contributed by atoms with Crippen LogP contribution in [0.3, 0.4) is 0 Å². The molecule has 0 radical (unpaired) electrons. The van der Waals surface area contributed by atoms with Crippen LogP contribution in [-0.4, -0.2) is 0 Å². The zero-order chi connectivity index (χ0) is 12.4. The number of rotatable bonds is 1. The van der Waals surface area contributed by atoms with E-state index in [2.05, 4.69) is 0 Å². The molecule has 17 heavy (non-hydrogen) atoms. The number of fused-ring (bicyclic) bond motifs is 1. The second kappa shape index (κ2) is 4.57. The van der Waals surface area contributed by atoms with Gasteiger partial charge < -0.3 is 0 Å². The lowest BCUT2D eigenvalue weighted by Crippen LogP contribution is -1.87. The Bertz CT molecular complexity index is 653. The molecule has 0 bridgehead atoms. The van der Waals surface area contributed by atoms with Crippen molar-refractivity contribution in [3.63, 3.8) is 0 Å². The molecule has 0 aliphatic carbocycles. The van der Waals surface area contributed by atoms with E-state index in [1.54, 1.807) is 31.2 Å². The fraction of sp³-hybridized carbons (Fsp3) is 0.0714. The summed E-state index contributed by atoms with van der Waals surface area (Å²) in [6.45, 7) is 1.64. The van der Waals surface area contributed by atoms with Gasteiger partial charge in [0, 0.05) is 16.5 Å². The van der Waals surface area contributed by atoms with Crippen LogP contribution in [0.5, 0.6) is 0 Å². The highest BCUT2D eigenvalue weighted by Crippen LogP contribution is 2.31. The molecule has 0 aliphatic rings. The van der Waals surface area contributed by atoms with Crippen molar-refractivity contribution in [2.24, 2.45) is 0 Å². The zero-order valence-electron chi connectivity index (χ0n) is 9.17. The number of nitrogens with zero attached hydrogens (tertiary/aromatic N) is 1. The molecule has 0 spiro atoms. The third-order valence-corrected chi connectivity index (χ3v) is 3.09. The third kappa shape index (κ3) is 2.02. The van der Waals surface area contributed by atoms with E-state index in [9.17, 15) is 4.39 Å². The summed E-state index contributed by atoms with van der Waals surface area (Å²) in [6, 6.07) is 12.0. The Balaban J connectivity index is 2.82. The Morgan fingerprint density at radius 3 is 2.47 bits per heavy atom. The average Bonchev–Trinajstić information content (AvgIpc) is 2.38. The van der Waals surface area contributed by atoms with Crippen LogP contribution in [0, 0.1) is 17.1 Å². The molecule has 0 N–H and O–H groups in total. The molecular weight excluding hydrogens is 237 g/mol. The topological polar surface area (TPSA) is 23.8 Å². The molecule has 0 aliphatic heterocycles. The lowest BCUT2D eigenvalue weighted by Gasteiger charge is -2.07. The van der Waals surface area contributed by atoms with E-state index >= 15 is 0 Å². The van der Waals surface area contributed by atoms with Crippen molar-refractivity contribution in [1.29, 1.82) is 5.26 Å². The van der Waals surface area contributed by atoms with E-state index in [0.717, 1.165) is 0 Å². The van der Waals surface area contributed by atoms with Gasteiger partial charge in [0.25, 0.3) is 0 Å². The van der Waals surface area contributed by atoms with Crippen LogP contribution >= 0.6 is 11.6 Å². The van der Waals surface area contributed by atoms with Gasteiger partial charge in [-0.1, -0.05) is 35.9 Å². The van der Waals surface area contributed by atoms with Crippen LogP contribution in [0.25, 0.3) is 15.8 Å². The number of allylic oxidation sites excluding steroid dienone is 1. The van der Waals surface area contributed by atoms with E-state index in [-0.39, 0.29) is 5.82 Å². The number of halogens is 2. The summed E-state index contributed by atoms with van der Waals surface area (Å²) < 4.78 is 13.6. The monoisotopic (exact) mass is 245 g/mol. The molecule has 0 fully saturated rings. The van der Waals surface area contributed by atoms with Crippen molar-refractivity contribution < 1.29 is 4.39 Å². The lowest BCUT2D eigenvalue weighted by atomic mass is 10.0. The molecule has 0 saturated carbocycles. The van der Waals surface area contributed by atoms with E-state index < -0.39 is 0 Å². The summed E-state index contributed by atoms with van der Waals surface area (Å²) in [5, 5.41) is 10.4. The van der Waals surface area contributed by atoms with Gasteiger partial charge in [-0.25, -0.2) is 4.39 Å². The number of benzene rings is 2. The van der Waals surface area contributed by atoms with Gasteiger partial charge in [0.15, 0.2) is 0 Å². The van der Waals surface area contributed by atoms with Crippen LogP contribution in [0.4, 0.5) is 4.39 Å². The van der Waals surface area contributed by atoms with Crippen molar-refractivity contribution >= 4 is 27.4 Å². The van der Waals surface area contributed by atoms with Gasteiger partial charge in [-0.2, -0.15) is 5.26 Å². The first-order valence-corrected chi connectivity index (χ1v) is 5.47. The van der Waals surface area contributed by atoms with Crippen molar-refractivity contribution in [3.05, 3.63) is 53.4 Å². The number of hydrogen-bond acceptors (Lipinski definition) is 1. The van der Waals surface area contributed by atoms with Crippen molar-refractivity contribution in [1.82, 2.24) is 0 Å². The lowest BCUT2D eigenvalue weighted by molar-refractivity contribution is 0.640. The fourth-order valence-corrected chi connectivity index (χ4v) is 1.91. The second-order valence-corrected chi connectivity index (χ2v) is 4.07. The van der Waals surface area contributed by atoms with Crippen LogP contribution in [0.15, 0.2) is 42.0 Å². The van der Waals surface area contributed by atoms with Crippen molar-refractivity contribution in [2.45, 2.75) is 6.92 Å². The summed E-state index contributed by atoms with van der Waals surface area (Å²) in [6.07, 6.45) is 0. The minimum atomic E-state index is -0.288. The van der Waals surface area contributed by atoms with Gasteiger partial charge in [0.2, 0.25) is 0 Å². The number of hydrogen-bond donors (Lipinski definition) is 0. The van der Waals surface area contributed by atoms with E-state index in [1.807, 2.05) is 12.1 Å². The smallest absolute Gasteiger partial charge is 0.131 e. The Hall–Kier alpha value is -1.85. The molecule has 0 atom stereocenters. The standard InChI is InChI=1S/C14H9ClFN/c1-9(8-17)14(15)12-6-7-13(16)11-5-3-2-4-10(11)12/h2-7H,1H3/b14-9-. The number of nitriles is 1. The Morgan fingerprint density at radius 2 is 1.82 bits per heavy atom. The molecule has 84 valence electrons. The molecule has 0 saturated heterocycles. The maximum atomic E-state index is 13.6. The molecular formula is C14H9ClFN. The summed E-state index contributed by atoms with van der Waals surface area (Å²) in [5.41, 5.74) is 1.10. The maximum Gasteiger partial charge on any atom is 0.131 e. The normalized spacial score (nSPS) is 12.1. The fourth-order valence-electron chi connectivity index (χ4n) is 1.70. The first-order valence-electron chi connectivity index (χ1n) is 5.09. The van der Waals surface area contributed by atoms with Gasteiger partial charge >= 0.3 is 0 Å². The van der Waals surface area contributed by atoms with Crippen LogP contribution in [-0.2, 0) is 0 Å². The van der Waals surface area contributed by atoms with Crippen LogP contribution in [0.2, 0.25) is 0 Å². The minimum Gasteiger partial charge on any atom is -0.206 e. The molecule has 0 amide bonds. The minimum absolute atomic E-state index is 0.288. The molecule has 0 heterocycles. The summed E-state index contributed by atoms with van der Waals surface area (Å²) >= 11 is 6.12. The highest BCUT2D eigenvalue weighted by molar-refractivity contribution is 6.50. The van der Waals surface area contributed by atoms with Gasteiger partial charge in [-0.3, -0.25) is 0 Å². The molecule has 1 nitrogen and oxygen atoms in total. The largest absolute Gasteiger partial charge is 0.206 e. The highest BCUT2D eigenvalue weighted by Gasteiger charge is 2.09. The molecule has 0 aromatic heterocycles. The molecule has 2 rings (SSSR count). The first-order chi connectivity index (χ1) is 8.15. The predicted octanol–water partition coefficient (Wildman–Crippen LogP) is 4.47. The zero-order valence-corrected chi connectivity index (χ0v) is 9.92. The second-order valence-electron chi connectivity index (χ2n) is 3.69. The van der Waals surface area contributed by atoms with Gasteiger partial charge in [0.05, 0.1) is 11.1 Å². The van der Waals surface area contributed by atoms with Crippen LogP contribution < -0.4 is 0 Å². The molecule has 3 heteroatoms. The Kier molecular flexibility index (Phi) is 3.12. The van der Waals surface area contributed by atoms with E-state index in [1.165, 1.54) is 6.07 Å². The average molecular weight is 246 g/mol. The van der Waals surface area contributed by atoms with Gasteiger partial charge in [-0.15, -0.1) is 0 Å². The Labute approximate surface area is 104 Å². The summed E-state index contributed by atoms with van der Waals surface area (Å²) in [5.74, 6) is -0.288. The Morgan fingerprint density at radius 1 is 1.18 bits per heavy atom. The molecule has 0 unspecified atom stereocenters. The van der Waals surface area contributed by atoms with Crippen LogP contribution in [0.1, 0.15) is 12.5 Å². The molecule has 2 aromatic carbocycles. The predicted molar refractivity (Wildman–Crippen MR) is 68.0 cm³/mol. The summed E-state index contributed by atoms with van der Waals surface area (Å²) in [4.78, 5) is 0.